The van der Waals surface area contributed by atoms with Gasteiger partial charge in [0.05, 0.1) is 24.8 Å². The maximum atomic E-state index is 10.2. The van der Waals surface area contributed by atoms with E-state index in [0.717, 1.165) is 4.90 Å². The maximum absolute atomic E-state index is 10.2. The zero-order valence-electron chi connectivity index (χ0n) is 11.9. The zero-order valence-corrected chi connectivity index (χ0v) is 12.7. The normalized spacial score (nSPS) is 30.9. The first kappa shape index (κ1) is 16.5. The van der Waals surface area contributed by atoms with Crippen LogP contribution in [0.25, 0.3) is 20.9 Å². The van der Waals surface area contributed by atoms with E-state index >= 15 is 0 Å². The molecule has 22 heavy (non-hydrogen) atoms. The predicted molar refractivity (Wildman–Crippen MR) is 83.1 cm³/mol. The Bertz CT molecular complexity index is 585. The van der Waals surface area contributed by atoms with E-state index in [1.807, 2.05) is 30.3 Å². The second kappa shape index (κ2) is 7.93. The lowest BCUT2D eigenvalue weighted by atomic mass is 9.90. The van der Waals surface area contributed by atoms with Gasteiger partial charge in [0.1, 0.15) is 5.44 Å². The van der Waals surface area contributed by atoms with E-state index in [9.17, 15) is 5.11 Å². The van der Waals surface area contributed by atoms with Crippen LogP contribution >= 0.6 is 11.8 Å². The van der Waals surface area contributed by atoms with Gasteiger partial charge in [0.25, 0.3) is 0 Å². The molecule has 0 aromatic heterocycles. The quantitative estimate of drug-likeness (QED) is 0.506. The number of hydrogen-bond donors (Lipinski definition) is 1. The van der Waals surface area contributed by atoms with Crippen LogP contribution in [0.4, 0.5) is 0 Å². The van der Waals surface area contributed by atoms with Crippen LogP contribution in [0.15, 0.2) is 45.5 Å². The highest BCUT2D eigenvalue weighted by Gasteiger charge is 2.42. The Morgan fingerprint density at radius 1 is 1.27 bits per heavy atom. The number of azide groups is 2. The van der Waals surface area contributed by atoms with Crippen molar-refractivity contribution in [3.8, 4) is 0 Å². The predicted octanol–water partition coefficient (Wildman–Crippen LogP) is 3.49. The van der Waals surface area contributed by atoms with E-state index in [1.165, 1.54) is 11.8 Å². The van der Waals surface area contributed by atoms with Crippen LogP contribution in [0.5, 0.6) is 0 Å². The molecule has 8 nitrogen and oxygen atoms in total. The van der Waals surface area contributed by atoms with Gasteiger partial charge in [0.15, 0.2) is 0 Å². The first-order chi connectivity index (χ1) is 10.7. The van der Waals surface area contributed by atoms with Gasteiger partial charge in [-0.3, -0.25) is 0 Å². The van der Waals surface area contributed by atoms with Crippen LogP contribution in [0, 0.1) is 5.92 Å². The smallest absolute Gasteiger partial charge is 0.117 e. The van der Waals surface area contributed by atoms with Crippen molar-refractivity contribution in [1.82, 2.24) is 0 Å². The van der Waals surface area contributed by atoms with Crippen LogP contribution in [-0.2, 0) is 4.74 Å². The topological polar surface area (TPSA) is 127 Å². The second-order valence-corrected chi connectivity index (χ2v) is 6.10. The van der Waals surface area contributed by atoms with Crippen molar-refractivity contribution in [2.75, 3.05) is 6.54 Å². The molecule has 1 saturated heterocycles. The molecule has 1 aromatic rings. The molecule has 1 N–H and O–H groups in total. The summed E-state index contributed by atoms with van der Waals surface area (Å²) >= 11 is 1.42. The van der Waals surface area contributed by atoms with Crippen molar-refractivity contribution >= 4 is 11.8 Å². The molecular formula is C13H16N6O2S. The number of thioether (sulfide) groups is 1. The number of benzene rings is 1. The average molecular weight is 320 g/mol. The fourth-order valence-electron chi connectivity index (χ4n) is 2.34. The number of hydrogen-bond acceptors (Lipinski definition) is 5. The number of rotatable bonds is 5. The minimum atomic E-state index is -0.853. The van der Waals surface area contributed by atoms with Crippen LogP contribution in [0.2, 0.25) is 0 Å². The zero-order chi connectivity index (χ0) is 15.9. The molecule has 1 heterocycles. The first-order valence-electron chi connectivity index (χ1n) is 6.77. The van der Waals surface area contributed by atoms with E-state index in [-0.39, 0.29) is 12.5 Å². The van der Waals surface area contributed by atoms with Crippen LogP contribution < -0.4 is 0 Å². The molecule has 1 aliphatic rings. The summed E-state index contributed by atoms with van der Waals surface area (Å²) in [6, 6.07) is 9.08. The fourth-order valence-corrected chi connectivity index (χ4v) is 3.56. The SMILES string of the molecule is CC1[C@H](O)C(CN=[N+]=[N-])O[C@@H](Sc2ccccc2)[C@H]1N=[N+]=[N-]. The van der Waals surface area contributed by atoms with Gasteiger partial charge in [-0.1, -0.05) is 47.1 Å². The molecule has 0 radical (unpaired) electrons. The van der Waals surface area contributed by atoms with Gasteiger partial charge in [-0.2, -0.15) is 0 Å². The maximum Gasteiger partial charge on any atom is 0.117 e. The van der Waals surface area contributed by atoms with E-state index < -0.39 is 23.7 Å². The summed E-state index contributed by atoms with van der Waals surface area (Å²) in [5, 5.41) is 17.5. The summed E-state index contributed by atoms with van der Waals surface area (Å²) in [7, 11) is 0. The summed E-state index contributed by atoms with van der Waals surface area (Å²) in [5.41, 5.74) is 16.7. The molecule has 116 valence electrons. The molecule has 5 atom stereocenters. The number of ether oxygens (including phenoxy) is 1. The van der Waals surface area contributed by atoms with Gasteiger partial charge in [0.2, 0.25) is 0 Å². The van der Waals surface area contributed by atoms with Crippen LogP contribution in [0.3, 0.4) is 0 Å². The Labute approximate surface area is 131 Å². The number of aliphatic hydroxyl groups excluding tert-OH is 1. The van der Waals surface area contributed by atoms with Gasteiger partial charge in [-0.05, 0) is 29.1 Å². The summed E-state index contributed by atoms with van der Waals surface area (Å²) < 4.78 is 5.82. The third kappa shape index (κ3) is 3.85. The molecule has 0 spiro atoms. The largest absolute Gasteiger partial charge is 0.390 e. The first-order valence-corrected chi connectivity index (χ1v) is 7.65. The highest BCUT2D eigenvalue weighted by atomic mass is 32.2. The van der Waals surface area contributed by atoms with Gasteiger partial charge in [-0.25, -0.2) is 0 Å². The third-order valence-corrected chi connectivity index (χ3v) is 4.72. The van der Waals surface area contributed by atoms with Crippen molar-refractivity contribution in [2.45, 2.75) is 35.5 Å². The van der Waals surface area contributed by atoms with Crippen molar-refractivity contribution < 1.29 is 9.84 Å². The molecule has 0 aliphatic carbocycles. The lowest BCUT2D eigenvalue weighted by molar-refractivity contribution is -0.117. The van der Waals surface area contributed by atoms with Crippen LogP contribution in [0.1, 0.15) is 6.92 Å². The standard InChI is InChI=1S/C13H16N6O2S/c1-8-11(17-19-15)13(22-9-5-3-2-4-6-9)21-10(12(8)20)7-16-18-14/h2-6,8,10-13,20H,7H2,1H3/t8?,10?,11-,12-,13-/m0/s1. The van der Waals surface area contributed by atoms with Crippen molar-refractivity contribution in [2.24, 2.45) is 16.1 Å². The average Bonchev–Trinajstić information content (AvgIpc) is 2.54. The van der Waals surface area contributed by atoms with E-state index in [1.54, 1.807) is 6.92 Å². The molecule has 0 saturated carbocycles. The van der Waals surface area contributed by atoms with Crippen molar-refractivity contribution in [3.05, 3.63) is 51.2 Å². The molecule has 9 heteroatoms. The Morgan fingerprint density at radius 2 is 2.00 bits per heavy atom. The van der Waals surface area contributed by atoms with Gasteiger partial charge < -0.3 is 9.84 Å². The summed E-state index contributed by atoms with van der Waals surface area (Å²) in [6.07, 6.45) is -1.47. The Hall–Kier alpha value is -1.89. The van der Waals surface area contributed by atoms with E-state index in [0.29, 0.717) is 0 Å². The summed E-state index contributed by atoms with van der Waals surface area (Å²) in [5.74, 6) is -0.301. The van der Waals surface area contributed by atoms with E-state index in [2.05, 4.69) is 20.1 Å². The molecule has 2 unspecified atom stereocenters. The Kier molecular flexibility index (Phi) is 5.94. The molecule has 0 bridgehead atoms. The number of nitrogens with zero attached hydrogens (tertiary/aromatic N) is 6. The minimum Gasteiger partial charge on any atom is -0.390 e. The number of aliphatic hydroxyl groups is 1. The summed E-state index contributed by atoms with van der Waals surface area (Å²) in [6.45, 7) is 1.84. The van der Waals surface area contributed by atoms with Gasteiger partial charge in [0, 0.05) is 14.7 Å². The highest BCUT2D eigenvalue weighted by Crippen LogP contribution is 2.37. The molecule has 2 rings (SSSR count). The van der Waals surface area contributed by atoms with Crippen molar-refractivity contribution in [3.63, 3.8) is 0 Å². The van der Waals surface area contributed by atoms with Crippen LogP contribution in [-0.4, -0.2) is 35.3 Å². The second-order valence-electron chi connectivity index (χ2n) is 4.93. The molecule has 1 aliphatic heterocycles. The third-order valence-electron chi connectivity index (χ3n) is 3.55. The lowest BCUT2D eigenvalue weighted by Gasteiger charge is -2.41. The molecule has 1 fully saturated rings. The minimum absolute atomic E-state index is 0.0385. The fraction of sp³-hybridized carbons (Fsp3) is 0.538. The van der Waals surface area contributed by atoms with Gasteiger partial charge in [-0.15, -0.1) is 0 Å². The monoisotopic (exact) mass is 320 g/mol. The lowest BCUT2D eigenvalue weighted by Crippen LogP contribution is -2.52. The molecule has 0 amide bonds. The Balaban J connectivity index is 2.21. The Morgan fingerprint density at radius 3 is 2.64 bits per heavy atom. The molecular weight excluding hydrogens is 304 g/mol. The highest BCUT2D eigenvalue weighted by molar-refractivity contribution is 7.99. The van der Waals surface area contributed by atoms with Crippen molar-refractivity contribution in [1.29, 1.82) is 0 Å². The molecule has 1 aromatic carbocycles. The van der Waals surface area contributed by atoms with Gasteiger partial charge >= 0.3 is 0 Å². The summed E-state index contributed by atoms with van der Waals surface area (Å²) in [4.78, 5) is 6.53. The van der Waals surface area contributed by atoms with E-state index in [4.69, 9.17) is 15.8 Å².